The molecule has 1 aliphatic carbocycles. The van der Waals surface area contributed by atoms with Crippen LogP contribution in [0, 0.1) is 5.82 Å². The summed E-state index contributed by atoms with van der Waals surface area (Å²) in [6, 6.07) is 4.96. The minimum atomic E-state index is -0.182. The highest BCUT2D eigenvalue weighted by atomic mass is 19.1. The average molecular weight is 243 g/mol. The molecule has 1 heterocycles. The molecule has 1 aromatic heterocycles. The van der Waals surface area contributed by atoms with Gasteiger partial charge >= 0.3 is 0 Å². The van der Waals surface area contributed by atoms with E-state index in [0.29, 0.717) is 0 Å². The molecule has 0 bridgehead atoms. The van der Waals surface area contributed by atoms with Crippen molar-refractivity contribution < 1.29 is 4.39 Å². The highest BCUT2D eigenvalue weighted by molar-refractivity contribution is 5.92. The van der Waals surface area contributed by atoms with Crippen molar-refractivity contribution in [3.05, 3.63) is 55.0 Å². The number of hydrogen-bond acceptors (Lipinski definition) is 0. The number of H-pyrrole nitrogens is 1. The number of allylic oxidation sites excluding steroid dienone is 2. The van der Waals surface area contributed by atoms with Crippen molar-refractivity contribution in [3.8, 4) is 0 Å². The van der Waals surface area contributed by atoms with Crippen LogP contribution in [-0.4, -0.2) is 4.98 Å². The molecular formula is C16H18FN. The molecule has 2 aromatic rings. The second-order valence-electron chi connectivity index (χ2n) is 4.37. The molecule has 1 nitrogen and oxygen atoms in total. The Morgan fingerprint density at radius 2 is 2.00 bits per heavy atom. The van der Waals surface area contributed by atoms with E-state index in [2.05, 4.69) is 24.2 Å². The Hall–Kier alpha value is -1.83. The molecule has 0 spiro atoms. The highest BCUT2D eigenvalue weighted by Gasteiger charge is 2.11. The minimum absolute atomic E-state index is 0.182. The summed E-state index contributed by atoms with van der Waals surface area (Å²) >= 11 is 0. The summed E-state index contributed by atoms with van der Waals surface area (Å²) in [5.74, 6) is -0.182. The molecule has 1 aliphatic rings. The third-order valence-corrected chi connectivity index (χ3v) is 3.28. The third kappa shape index (κ3) is 2.37. The Bertz CT molecular complexity index is 565. The van der Waals surface area contributed by atoms with Crippen LogP contribution in [0.2, 0.25) is 0 Å². The Morgan fingerprint density at radius 3 is 2.72 bits per heavy atom. The van der Waals surface area contributed by atoms with Gasteiger partial charge in [-0.3, -0.25) is 0 Å². The van der Waals surface area contributed by atoms with Crippen LogP contribution in [-0.2, 0) is 0 Å². The Morgan fingerprint density at radius 1 is 1.17 bits per heavy atom. The molecular weight excluding hydrogens is 225 g/mol. The van der Waals surface area contributed by atoms with E-state index in [9.17, 15) is 4.39 Å². The monoisotopic (exact) mass is 243 g/mol. The van der Waals surface area contributed by atoms with Gasteiger partial charge in [0.25, 0.3) is 0 Å². The fourth-order valence-corrected chi connectivity index (χ4v) is 2.45. The maximum atomic E-state index is 13.1. The molecule has 0 fully saturated rings. The van der Waals surface area contributed by atoms with Crippen LogP contribution < -0.4 is 0 Å². The molecule has 0 saturated carbocycles. The summed E-state index contributed by atoms with van der Waals surface area (Å²) in [6.45, 7) is 6.00. The van der Waals surface area contributed by atoms with Gasteiger partial charge in [-0.2, -0.15) is 0 Å². The van der Waals surface area contributed by atoms with Crippen LogP contribution in [0.15, 0.2) is 43.6 Å². The molecule has 0 aliphatic heterocycles. The van der Waals surface area contributed by atoms with Gasteiger partial charge in [0.15, 0.2) is 0 Å². The summed E-state index contributed by atoms with van der Waals surface area (Å²) in [5.41, 5.74) is 3.54. The molecule has 0 saturated heterocycles. The van der Waals surface area contributed by atoms with Crippen LogP contribution >= 0.6 is 0 Å². The van der Waals surface area contributed by atoms with Crippen molar-refractivity contribution in [1.29, 1.82) is 0 Å². The maximum absolute atomic E-state index is 13.1. The predicted molar refractivity (Wildman–Crippen MR) is 76.0 cm³/mol. The quantitative estimate of drug-likeness (QED) is 0.673. The van der Waals surface area contributed by atoms with E-state index in [4.69, 9.17) is 0 Å². The summed E-state index contributed by atoms with van der Waals surface area (Å²) < 4.78 is 13.1. The first kappa shape index (κ1) is 12.6. The molecule has 0 radical (unpaired) electrons. The van der Waals surface area contributed by atoms with Crippen LogP contribution in [0.5, 0.6) is 0 Å². The molecule has 3 rings (SSSR count). The molecule has 0 unspecified atom stereocenters. The van der Waals surface area contributed by atoms with E-state index in [1.807, 2.05) is 12.3 Å². The van der Waals surface area contributed by atoms with Gasteiger partial charge in [-0.15, -0.1) is 13.2 Å². The standard InChI is InChI=1S/C14H14FN.C2H4/c15-11-6-7-12-13(9-16-14(12)8-11)10-4-2-1-3-5-10;1-2/h4,6-9,16H,1-3,5H2;1-2H2. The van der Waals surface area contributed by atoms with E-state index >= 15 is 0 Å². The maximum Gasteiger partial charge on any atom is 0.125 e. The smallest absolute Gasteiger partial charge is 0.125 e. The molecule has 94 valence electrons. The van der Waals surface area contributed by atoms with Crippen LogP contribution in [0.4, 0.5) is 4.39 Å². The summed E-state index contributed by atoms with van der Waals surface area (Å²) in [7, 11) is 0. The summed E-state index contributed by atoms with van der Waals surface area (Å²) in [5, 5.41) is 1.13. The molecule has 1 N–H and O–H groups in total. The van der Waals surface area contributed by atoms with E-state index in [1.54, 1.807) is 6.07 Å². The second-order valence-corrected chi connectivity index (χ2v) is 4.37. The van der Waals surface area contributed by atoms with Gasteiger partial charge in [-0.05, 0) is 49.5 Å². The summed E-state index contributed by atoms with van der Waals surface area (Å²) in [6.07, 6.45) is 9.18. The normalized spacial score (nSPS) is 14.8. The van der Waals surface area contributed by atoms with Crippen LogP contribution in [0.25, 0.3) is 16.5 Å². The average Bonchev–Trinajstić information content (AvgIpc) is 2.85. The number of nitrogens with one attached hydrogen (secondary N) is 1. The van der Waals surface area contributed by atoms with Crippen LogP contribution in [0.1, 0.15) is 31.2 Å². The van der Waals surface area contributed by atoms with E-state index in [-0.39, 0.29) is 5.82 Å². The first-order valence-electron chi connectivity index (χ1n) is 6.30. The number of halogens is 1. The number of hydrogen-bond donors (Lipinski definition) is 1. The van der Waals surface area contributed by atoms with Crippen molar-refractivity contribution in [2.45, 2.75) is 25.7 Å². The van der Waals surface area contributed by atoms with Gasteiger partial charge in [0.05, 0.1) is 0 Å². The van der Waals surface area contributed by atoms with E-state index < -0.39 is 0 Å². The van der Waals surface area contributed by atoms with Gasteiger partial charge in [0.1, 0.15) is 5.82 Å². The molecule has 18 heavy (non-hydrogen) atoms. The van der Waals surface area contributed by atoms with Crippen molar-refractivity contribution >= 4 is 16.5 Å². The van der Waals surface area contributed by atoms with Crippen molar-refractivity contribution in [3.63, 3.8) is 0 Å². The lowest BCUT2D eigenvalue weighted by Crippen LogP contribution is -1.90. The first-order chi connectivity index (χ1) is 8.84. The Labute approximate surface area is 107 Å². The number of rotatable bonds is 1. The van der Waals surface area contributed by atoms with E-state index in [0.717, 1.165) is 17.3 Å². The van der Waals surface area contributed by atoms with Gasteiger partial charge < -0.3 is 4.98 Å². The van der Waals surface area contributed by atoms with Crippen molar-refractivity contribution in [1.82, 2.24) is 4.98 Å². The lowest BCUT2D eigenvalue weighted by atomic mass is 9.93. The Balaban J connectivity index is 0.000000574. The number of fused-ring (bicyclic) bond motifs is 1. The van der Waals surface area contributed by atoms with Gasteiger partial charge in [-0.1, -0.05) is 6.08 Å². The minimum Gasteiger partial charge on any atom is -0.360 e. The lowest BCUT2D eigenvalue weighted by Gasteiger charge is -2.11. The molecule has 0 atom stereocenters. The zero-order valence-electron chi connectivity index (χ0n) is 10.5. The van der Waals surface area contributed by atoms with Crippen molar-refractivity contribution in [2.75, 3.05) is 0 Å². The van der Waals surface area contributed by atoms with Gasteiger partial charge in [0, 0.05) is 22.7 Å². The second kappa shape index (κ2) is 5.67. The lowest BCUT2D eigenvalue weighted by molar-refractivity contribution is 0.629. The van der Waals surface area contributed by atoms with E-state index in [1.165, 1.54) is 36.5 Å². The number of aromatic nitrogens is 1. The summed E-state index contributed by atoms with van der Waals surface area (Å²) in [4.78, 5) is 3.15. The fraction of sp³-hybridized carbons (Fsp3) is 0.250. The van der Waals surface area contributed by atoms with Gasteiger partial charge in [0.2, 0.25) is 0 Å². The highest BCUT2D eigenvalue weighted by Crippen LogP contribution is 2.31. The molecule has 0 amide bonds. The van der Waals surface area contributed by atoms with Crippen LogP contribution in [0.3, 0.4) is 0 Å². The zero-order valence-corrected chi connectivity index (χ0v) is 10.5. The Kier molecular flexibility index (Phi) is 3.98. The number of aromatic amines is 1. The third-order valence-electron chi connectivity index (χ3n) is 3.28. The topological polar surface area (TPSA) is 15.8 Å². The molecule has 2 heteroatoms. The predicted octanol–water partition coefficient (Wildman–Crippen LogP) is 5.07. The zero-order chi connectivity index (χ0) is 13.0. The first-order valence-corrected chi connectivity index (χ1v) is 6.30. The fourth-order valence-electron chi connectivity index (χ4n) is 2.45. The van der Waals surface area contributed by atoms with Crippen molar-refractivity contribution in [2.24, 2.45) is 0 Å². The largest absolute Gasteiger partial charge is 0.360 e. The van der Waals surface area contributed by atoms with Gasteiger partial charge in [-0.25, -0.2) is 4.39 Å². The molecule has 1 aromatic carbocycles. The number of benzene rings is 1. The SMILES string of the molecule is C=C.Fc1ccc2c(C3=CCCCC3)c[nH]c2c1.